The van der Waals surface area contributed by atoms with Crippen molar-refractivity contribution in [2.45, 2.75) is 44.6 Å². The van der Waals surface area contributed by atoms with Crippen LogP contribution in [0.1, 0.15) is 48.9 Å². The Morgan fingerprint density at radius 3 is 2.07 bits per heavy atom. The molecular weight excluding hydrogens is 356 g/mol. The summed E-state index contributed by atoms with van der Waals surface area (Å²) in [4.78, 5) is 17.8. The standard InChI is InChI=1S/C22H34N2O4/c1-26-20-15-17(16-21(27-2)22(20)28-3)19(25)9-10-23-11-13-24(14-12-23)18-7-5-4-6-8-18/h15-16,18H,4-14H2,1-3H3. The summed E-state index contributed by atoms with van der Waals surface area (Å²) in [6, 6.07) is 4.27. The van der Waals surface area contributed by atoms with E-state index in [1.807, 2.05) is 0 Å². The lowest BCUT2D eigenvalue weighted by molar-refractivity contribution is 0.0744. The molecule has 0 N–H and O–H groups in total. The highest BCUT2D eigenvalue weighted by Gasteiger charge is 2.25. The molecule has 1 aromatic rings. The Kier molecular flexibility index (Phi) is 7.57. The maximum absolute atomic E-state index is 12.7. The van der Waals surface area contributed by atoms with Crippen LogP contribution in [-0.4, -0.2) is 75.7 Å². The molecule has 1 heterocycles. The van der Waals surface area contributed by atoms with Gasteiger partial charge in [0.2, 0.25) is 5.75 Å². The molecular formula is C22H34N2O4. The van der Waals surface area contributed by atoms with Crippen LogP contribution in [0.4, 0.5) is 0 Å². The molecule has 6 nitrogen and oxygen atoms in total. The third-order valence-electron chi connectivity index (χ3n) is 6.14. The van der Waals surface area contributed by atoms with Gasteiger partial charge in [0.1, 0.15) is 0 Å². The van der Waals surface area contributed by atoms with Crippen molar-refractivity contribution in [3.8, 4) is 17.2 Å². The summed E-state index contributed by atoms with van der Waals surface area (Å²) < 4.78 is 16.1. The molecule has 0 amide bonds. The summed E-state index contributed by atoms with van der Waals surface area (Å²) in [5.74, 6) is 1.66. The highest BCUT2D eigenvalue weighted by Crippen LogP contribution is 2.38. The fourth-order valence-corrected chi connectivity index (χ4v) is 4.44. The van der Waals surface area contributed by atoms with E-state index in [1.54, 1.807) is 33.5 Å². The van der Waals surface area contributed by atoms with Gasteiger partial charge in [0, 0.05) is 50.7 Å². The Morgan fingerprint density at radius 1 is 0.929 bits per heavy atom. The molecule has 2 fully saturated rings. The second kappa shape index (κ2) is 10.1. The summed E-state index contributed by atoms with van der Waals surface area (Å²) in [6.07, 6.45) is 7.39. The molecule has 1 aliphatic heterocycles. The molecule has 0 atom stereocenters. The molecule has 0 spiro atoms. The van der Waals surface area contributed by atoms with Crippen LogP contribution >= 0.6 is 0 Å². The van der Waals surface area contributed by atoms with Crippen molar-refractivity contribution in [1.29, 1.82) is 0 Å². The van der Waals surface area contributed by atoms with E-state index in [1.165, 1.54) is 32.1 Å². The fourth-order valence-electron chi connectivity index (χ4n) is 4.44. The Hall–Kier alpha value is -1.79. The van der Waals surface area contributed by atoms with E-state index in [2.05, 4.69) is 9.80 Å². The lowest BCUT2D eigenvalue weighted by Gasteiger charge is -2.40. The number of carbonyl (C=O) groups is 1. The molecule has 156 valence electrons. The number of ketones is 1. The molecule has 3 rings (SSSR count). The molecule has 1 saturated heterocycles. The first kappa shape index (κ1) is 20.9. The second-order valence-corrected chi connectivity index (χ2v) is 7.76. The van der Waals surface area contributed by atoms with E-state index in [0.717, 1.165) is 38.8 Å². The zero-order chi connectivity index (χ0) is 19.9. The number of ether oxygens (including phenoxy) is 3. The first-order chi connectivity index (χ1) is 13.7. The molecule has 2 aliphatic rings. The number of piperazine rings is 1. The minimum absolute atomic E-state index is 0.106. The van der Waals surface area contributed by atoms with Gasteiger partial charge in [0.15, 0.2) is 17.3 Å². The first-order valence-electron chi connectivity index (χ1n) is 10.5. The fraction of sp³-hybridized carbons (Fsp3) is 0.682. The first-order valence-corrected chi connectivity index (χ1v) is 10.5. The van der Waals surface area contributed by atoms with Crippen LogP contribution in [0.5, 0.6) is 17.2 Å². The van der Waals surface area contributed by atoms with Gasteiger partial charge in [-0.3, -0.25) is 9.69 Å². The van der Waals surface area contributed by atoms with Crippen LogP contribution in [-0.2, 0) is 0 Å². The van der Waals surface area contributed by atoms with Crippen molar-refractivity contribution < 1.29 is 19.0 Å². The molecule has 28 heavy (non-hydrogen) atoms. The predicted molar refractivity (Wildman–Crippen MR) is 110 cm³/mol. The van der Waals surface area contributed by atoms with Crippen molar-refractivity contribution in [3.63, 3.8) is 0 Å². The third kappa shape index (κ3) is 4.97. The summed E-state index contributed by atoms with van der Waals surface area (Å²) in [5.41, 5.74) is 0.607. The smallest absolute Gasteiger partial charge is 0.203 e. The highest BCUT2D eigenvalue weighted by molar-refractivity contribution is 5.97. The SMILES string of the molecule is COc1cc(C(=O)CCN2CCN(C3CCCCC3)CC2)cc(OC)c1OC. The number of benzene rings is 1. The molecule has 1 saturated carbocycles. The Labute approximate surface area is 168 Å². The van der Waals surface area contributed by atoms with Gasteiger partial charge < -0.3 is 19.1 Å². The van der Waals surface area contributed by atoms with E-state index < -0.39 is 0 Å². The van der Waals surface area contributed by atoms with Gasteiger partial charge in [0.25, 0.3) is 0 Å². The van der Waals surface area contributed by atoms with Gasteiger partial charge in [-0.05, 0) is 25.0 Å². The zero-order valence-corrected chi connectivity index (χ0v) is 17.5. The number of carbonyl (C=O) groups excluding carboxylic acids is 1. The number of nitrogens with zero attached hydrogens (tertiary/aromatic N) is 2. The van der Waals surface area contributed by atoms with Gasteiger partial charge in [-0.1, -0.05) is 19.3 Å². The van der Waals surface area contributed by atoms with Gasteiger partial charge in [0.05, 0.1) is 21.3 Å². The van der Waals surface area contributed by atoms with Crippen molar-refractivity contribution in [2.24, 2.45) is 0 Å². The lowest BCUT2D eigenvalue weighted by Crippen LogP contribution is -2.51. The molecule has 1 aromatic carbocycles. The van der Waals surface area contributed by atoms with Crippen molar-refractivity contribution in [2.75, 3.05) is 54.1 Å². The number of Topliss-reactive ketones (excluding diaryl/α,β-unsaturated/α-hetero) is 1. The number of hydrogen-bond donors (Lipinski definition) is 0. The van der Waals surface area contributed by atoms with Crippen LogP contribution in [0.2, 0.25) is 0 Å². The molecule has 1 aliphatic carbocycles. The zero-order valence-electron chi connectivity index (χ0n) is 17.5. The number of rotatable bonds is 8. The lowest BCUT2D eigenvalue weighted by atomic mass is 9.94. The molecule has 0 aromatic heterocycles. The van der Waals surface area contributed by atoms with Gasteiger partial charge in [-0.15, -0.1) is 0 Å². The van der Waals surface area contributed by atoms with E-state index >= 15 is 0 Å². The van der Waals surface area contributed by atoms with Crippen LogP contribution < -0.4 is 14.2 Å². The van der Waals surface area contributed by atoms with E-state index in [-0.39, 0.29) is 5.78 Å². The third-order valence-corrected chi connectivity index (χ3v) is 6.14. The summed E-state index contributed by atoms with van der Waals surface area (Å²) >= 11 is 0. The molecule has 0 unspecified atom stereocenters. The maximum Gasteiger partial charge on any atom is 0.203 e. The van der Waals surface area contributed by atoms with Crippen molar-refractivity contribution >= 4 is 5.78 Å². The molecule has 6 heteroatoms. The number of methoxy groups -OCH3 is 3. The van der Waals surface area contributed by atoms with E-state index in [4.69, 9.17) is 14.2 Å². The van der Waals surface area contributed by atoms with Crippen LogP contribution in [0.3, 0.4) is 0 Å². The van der Waals surface area contributed by atoms with E-state index in [9.17, 15) is 4.79 Å². The minimum Gasteiger partial charge on any atom is -0.493 e. The molecule has 0 radical (unpaired) electrons. The van der Waals surface area contributed by atoms with Gasteiger partial charge in [-0.25, -0.2) is 0 Å². The summed E-state index contributed by atoms with van der Waals surface area (Å²) in [7, 11) is 4.70. The predicted octanol–water partition coefficient (Wildman–Crippen LogP) is 3.24. The molecule has 0 bridgehead atoms. The Balaban J connectivity index is 1.52. The highest BCUT2D eigenvalue weighted by atomic mass is 16.5. The van der Waals surface area contributed by atoms with Gasteiger partial charge >= 0.3 is 0 Å². The van der Waals surface area contributed by atoms with Crippen LogP contribution in [0, 0.1) is 0 Å². The number of hydrogen-bond acceptors (Lipinski definition) is 6. The van der Waals surface area contributed by atoms with Crippen molar-refractivity contribution in [3.05, 3.63) is 17.7 Å². The largest absolute Gasteiger partial charge is 0.493 e. The summed E-state index contributed by atoms with van der Waals surface area (Å²) in [5, 5.41) is 0. The minimum atomic E-state index is 0.106. The van der Waals surface area contributed by atoms with Crippen molar-refractivity contribution in [1.82, 2.24) is 9.80 Å². The van der Waals surface area contributed by atoms with Gasteiger partial charge in [-0.2, -0.15) is 0 Å². The quantitative estimate of drug-likeness (QED) is 0.635. The normalized spacial score (nSPS) is 19.4. The summed E-state index contributed by atoms with van der Waals surface area (Å²) in [6.45, 7) is 5.16. The average molecular weight is 391 g/mol. The topological polar surface area (TPSA) is 51.2 Å². The Bertz CT molecular complexity index is 625. The van der Waals surface area contributed by atoms with Crippen LogP contribution in [0.25, 0.3) is 0 Å². The second-order valence-electron chi connectivity index (χ2n) is 7.76. The average Bonchev–Trinajstić information content (AvgIpc) is 2.77. The van der Waals surface area contributed by atoms with E-state index in [0.29, 0.717) is 29.2 Å². The monoisotopic (exact) mass is 390 g/mol. The Morgan fingerprint density at radius 2 is 1.54 bits per heavy atom. The maximum atomic E-state index is 12.7. The van der Waals surface area contributed by atoms with Crippen LogP contribution in [0.15, 0.2) is 12.1 Å².